The van der Waals surface area contributed by atoms with Crippen LogP contribution in [0.2, 0.25) is 0 Å². The number of hydrogen-bond donors (Lipinski definition) is 3. The molecule has 3 aromatic carbocycles. The summed E-state index contributed by atoms with van der Waals surface area (Å²) in [6.07, 6.45) is 0.188. The van der Waals surface area contributed by atoms with Crippen LogP contribution in [0.15, 0.2) is 82.9 Å². The van der Waals surface area contributed by atoms with Crippen LogP contribution in [0, 0.1) is 0 Å². The molecule has 3 N–H and O–H groups in total. The lowest BCUT2D eigenvalue weighted by atomic mass is 9.84. The first-order chi connectivity index (χ1) is 20.4. The van der Waals surface area contributed by atoms with Crippen LogP contribution in [0.25, 0.3) is 10.4 Å². The number of carbonyl (C=O) groups is 1. The van der Waals surface area contributed by atoms with E-state index in [0.29, 0.717) is 36.8 Å². The van der Waals surface area contributed by atoms with Crippen LogP contribution in [0.3, 0.4) is 0 Å². The van der Waals surface area contributed by atoms with Gasteiger partial charge in [-0.25, -0.2) is 10.4 Å². The highest BCUT2D eigenvalue weighted by atomic mass is 16.5. The molecule has 11 heteroatoms. The standard InChI is InChI=1S/C31H37N7O4/c1-22-31(19-25-7-4-5-8-26(25)21-34-37-32,30(40)36-33-20-23-9-13-27(14-10-23)38(2)3)35-29(42-22)24-11-15-28(16-12-24)41-18-6-17-39/h4-5,7-16,22,33,39H,6,17-21H2,1-3H3,(H,36,40)/t22-,31-/m0/s1. The van der Waals surface area contributed by atoms with E-state index < -0.39 is 11.6 Å². The first-order valence-corrected chi connectivity index (χ1v) is 13.8. The SMILES string of the molecule is C[C@@H]1OC(c2ccc(OCCCO)cc2)=N[C@]1(Cc1ccccc1CN=[N+]=[N-])C(=O)NNCc1ccc(N(C)C)cc1. The molecule has 0 saturated carbocycles. The largest absolute Gasteiger partial charge is 0.494 e. The Kier molecular flexibility index (Phi) is 10.4. The second-order valence-corrected chi connectivity index (χ2v) is 10.3. The molecule has 2 atom stereocenters. The fourth-order valence-electron chi connectivity index (χ4n) is 4.67. The monoisotopic (exact) mass is 571 g/mol. The Bertz CT molecular complexity index is 1420. The van der Waals surface area contributed by atoms with Crippen LogP contribution in [0.5, 0.6) is 5.75 Å². The third kappa shape index (κ3) is 7.38. The van der Waals surface area contributed by atoms with Crippen LogP contribution < -0.4 is 20.5 Å². The lowest BCUT2D eigenvalue weighted by molar-refractivity contribution is -0.129. The summed E-state index contributed by atoms with van der Waals surface area (Å²) in [5.74, 6) is 0.682. The third-order valence-corrected chi connectivity index (χ3v) is 7.16. The van der Waals surface area contributed by atoms with E-state index in [4.69, 9.17) is 25.1 Å². The molecule has 1 heterocycles. The fourth-order valence-corrected chi connectivity index (χ4v) is 4.67. The molecule has 1 aliphatic rings. The Labute approximate surface area is 245 Å². The second kappa shape index (κ2) is 14.4. The maximum Gasteiger partial charge on any atom is 0.266 e. The molecule has 3 aromatic rings. The molecule has 0 radical (unpaired) electrons. The molecule has 4 rings (SSSR count). The maximum atomic E-state index is 13.9. The first-order valence-electron chi connectivity index (χ1n) is 13.8. The summed E-state index contributed by atoms with van der Waals surface area (Å²) in [5.41, 5.74) is 18.0. The lowest BCUT2D eigenvalue weighted by Gasteiger charge is -2.29. The molecule has 0 spiro atoms. The van der Waals surface area contributed by atoms with Crippen LogP contribution in [0.4, 0.5) is 5.69 Å². The van der Waals surface area contributed by atoms with Crippen molar-refractivity contribution in [1.82, 2.24) is 10.9 Å². The quantitative estimate of drug-likeness (QED) is 0.0866. The second-order valence-electron chi connectivity index (χ2n) is 10.3. The minimum atomic E-state index is -1.29. The first kappa shape index (κ1) is 30.4. The molecule has 0 saturated heterocycles. The molecule has 0 aliphatic carbocycles. The van der Waals surface area contributed by atoms with Gasteiger partial charge in [0.1, 0.15) is 11.9 Å². The summed E-state index contributed by atoms with van der Waals surface area (Å²) in [4.78, 5) is 23.8. The van der Waals surface area contributed by atoms with Crippen molar-refractivity contribution in [3.05, 3.63) is 105 Å². The van der Waals surface area contributed by atoms with Crippen molar-refractivity contribution in [2.45, 2.75) is 44.5 Å². The van der Waals surface area contributed by atoms with Gasteiger partial charge in [-0.05, 0) is 65.5 Å². The highest BCUT2D eigenvalue weighted by Gasteiger charge is 2.50. The van der Waals surface area contributed by atoms with Crippen molar-refractivity contribution >= 4 is 17.5 Å². The molecule has 0 fully saturated rings. The van der Waals surface area contributed by atoms with E-state index >= 15 is 0 Å². The molecule has 1 amide bonds. The van der Waals surface area contributed by atoms with E-state index in [1.807, 2.05) is 98.7 Å². The average Bonchev–Trinajstić information content (AvgIpc) is 3.34. The zero-order chi connectivity index (χ0) is 30.0. The number of azide groups is 1. The predicted octanol–water partition coefficient (Wildman–Crippen LogP) is 4.29. The number of ether oxygens (including phenoxy) is 2. The normalized spacial score (nSPS) is 17.5. The molecule has 11 nitrogen and oxygen atoms in total. The zero-order valence-electron chi connectivity index (χ0n) is 24.2. The molecule has 0 unspecified atom stereocenters. The molecule has 1 aliphatic heterocycles. The average molecular weight is 572 g/mol. The van der Waals surface area contributed by atoms with Crippen molar-refractivity contribution in [3.8, 4) is 5.75 Å². The molecule has 0 bridgehead atoms. The number of nitrogens with zero attached hydrogens (tertiary/aromatic N) is 5. The number of benzene rings is 3. The summed E-state index contributed by atoms with van der Waals surface area (Å²) >= 11 is 0. The minimum absolute atomic E-state index is 0.0638. The predicted molar refractivity (Wildman–Crippen MR) is 162 cm³/mol. The number of hydrogen-bond acceptors (Lipinski definition) is 8. The fraction of sp³-hybridized carbons (Fsp3) is 0.355. The maximum absolute atomic E-state index is 13.9. The number of hydrazine groups is 1. The van der Waals surface area contributed by atoms with Gasteiger partial charge in [0.25, 0.3) is 5.91 Å². The topological polar surface area (TPSA) is 144 Å². The number of amides is 1. The summed E-state index contributed by atoms with van der Waals surface area (Å²) < 4.78 is 11.9. The number of nitrogens with one attached hydrogen (secondary N) is 2. The van der Waals surface area contributed by atoms with Gasteiger partial charge in [-0.1, -0.05) is 41.5 Å². The number of anilines is 1. The summed E-state index contributed by atoms with van der Waals surface area (Å²) in [5, 5.41) is 12.7. The van der Waals surface area contributed by atoms with E-state index in [0.717, 1.165) is 22.4 Å². The molecule has 0 aromatic heterocycles. The Hall–Kier alpha value is -4.57. The van der Waals surface area contributed by atoms with Crippen molar-refractivity contribution in [2.75, 3.05) is 32.2 Å². The van der Waals surface area contributed by atoms with Gasteiger partial charge < -0.3 is 19.5 Å². The van der Waals surface area contributed by atoms with E-state index in [-0.39, 0.29) is 25.5 Å². The molecule has 42 heavy (non-hydrogen) atoms. The number of rotatable bonds is 14. The van der Waals surface area contributed by atoms with Gasteiger partial charge in [0.2, 0.25) is 5.90 Å². The van der Waals surface area contributed by atoms with Crippen LogP contribution in [-0.4, -0.2) is 55.9 Å². The van der Waals surface area contributed by atoms with E-state index in [2.05, 4.69) is 20.9 Å². The number of aliphatic hydroxyl groups excluding tert-OH is 1. The molecule has 220 valence electrons. The van der Waals surface area contributed by atoms with Gasteiger partial charge in [-0.15, -0.1) is 0 Å². The van der Waals surface area contributed by atoms with Gasteiger partial charge >= 0.3 is 0 Å². The van der Waals surface area contributed by atoms with Crippen molar-refractivity contribution in [3.63, 3.8) is 0 Å². The van der Waals surface area contributed by atoms with Crippen molar-refractivity contribution in [1.29, 1.82) is 0 Å². The zero-order valence-corrected chi connectivity index (χ0v) is 24.2. The lowest BCUT2D eigenvalue weighted by Crippen LogP contribution is -2.55. The highest BCUT2D eigenvalue weighted by molar-refractivity contribution is 6.00. The van der Waals surface area contributed by atoms with Crippen molar-refractivity contribution < 1.29 is 19.4 Å². The van der Waals surface area contributed by atoms with Gasteiger partial charge in [-0.3, -0.25) is 10.2 Å². The molecular formula is C31H37N7O4. The van der Waals surface area contributed by atoms with Gasteiger partial charge in [-0.2, -0.15) is 0 Å². The Morgan fingerprint density at radius 2 is 1.83 bits per heavy atom. The highest BCUT2D eigenvalue weighted by Crippen LogP contribution is 2.34. The summed E-state index contributed by atoms with van der Waals surface area (Å²) in [6, 6.07) is 22.9. The van der Waals surface area contributed by atoms with E-state index in [9.17, 15) is 4.79 Å². The van der Waals surface area contributed by atoms with Crippen molar-refractivity contribution in [2.24, 2.45) is 10.1 Å². The van der Waals surface area contributed by atoms with Crippen LogP contribution >= 0.6 is 0 Å². The van der Waals surface area contributed by atoms with Crippen LogP contribution in [0.1, 0.15) is 35.6 Å². The number of aliphatic hydroxyl groups is 1. The summed E-state index contributed by atoms with van der Waals surface area (Å²) in [6.45, 7) is 2.89. The van der Waals surface area contributed by atoms with Crippen LogP contribution in [-0.2, 0) is 29.0 Å². The molecular weight excluding hydrogens is 534 g/mol. The van der Waals surface area contributed by atoms with E-state index in [1.54, 1.807) is 0 Å². The Balaban J connectivity index is 1.59. The van der Waals surface area contributed by atoms with Gasteiger partial charge in [0.15, 0.2) is 5.54 Å². The van der Waals surface area contributed by atoms with Gasteiger partial charge in [0.05, 0.1) is 13.2 Å². The number of aliphatic imine (C=N–C) groups is 1. The third-order valence-electron chi connectivity index (χ3n) is 7.16. The van der Waals surface area contributed by atoms with E-state index in [1.165, 1.54) is 0 Å². The smallest absolute Gasteiger partial charge is 0.266 e. The Morgan fingerprint density at radius 3 is 2.50 bits per heavy atom. The summed E-state index contributed by atoms with van der Waals surface area (Å²) in [7, 11) is 3.97. The minimum Gasteiger partial charge on any atom is -0.494 e. The van der Waals surface area contributed by atoms with Gasteiger partial charge in [0, 0.05) is 56.3 Å². The Morgan fingerprint density at radius 1 is 1.12 bits per heavy atom. The number of carbonyl (C=O) groups excluding carboxylic acids is 1.